The van der Waals surface area contributed by atoms with Crippen molar-refractivity contribution in [3.05, 3.63) is 60.5 Å². The Morgan fingerprint density at radius 3 is 2.74 bits per heavy atom. The zero-order chi connectivity index (χ0) is 23.3. The average molecular weight is 461 g/mol. The van der Waals surface area contributed by atoms with Gasteiger partial charge in [0.15, 0.2) is 6.61 Å². The van der Waals surface area contributed by atoms with Crippen molar-refractivity contribution >= 4 is 17.5 Å². The van der Waals surface area contributed by atoms with Gasteiger partial charge in [0, 0.05) is 30.8 Å². The number of rotatable bonds is 6. The van der Waals surface area contributed by atoms with E-state index in [1.165, 1.54) is 0 Å². The molecular formula is C26H28N4O4. The van der Waals surface area contributed by atoms with Crippen molar-refractivity contribution in [2.45, 2.75) is 44.6 Å². The molecule has 0 aliphatic carbocycles. The number of hydrogen-bond donors (Lipinski definition) is 0. The number of hydrogen-bond acceptors (Lipinski definition) is 6. The van der Waals surface area contributed by atoms with Gasteiger partial charge >= 0.3 is 0 Å². The van der Waals surface area contributed by atoms with Gasteiger partial charge in [0.05, 0.1) is 0 Å². The molecule has 0 saturated carbocycles. The molecule has 2 saturated heterocycles. The predicted molar refractivity (Wildman–Crippen MR) is 126 cm³/mol. The number of anilines is 1. The van der Waals surface area contributed by atoms with Crippen molar-refractivity contribution in [3.8, 4) is 17.1 Å². The average Bonchev–Trinajstić information content (AvgIpc) is 3.39. The third kappa shape index (κ3) is 4.81. The summed E-state index contributed by atoms with van der Waals surface area (Å²) < 4.78 is 11.3. The fraction of sp³-hybridized carbons (Fsp3) is 0.385. The van der Waals surface area contributed by atoms with E-state index in [4.69, 9.17) is 9.26 Å². The molecule has 2 aromatic carbocycles. The molecule has 1 atom stereocenters. The minimum absolute atomic E-state index is 0.0343. The molecule has 2 fully saturated rings. The molecule has 176 valence electrons. The highest BCUT2D eigenvalue weighted by molar-refractivity contribution is 5.94. The van der Waals surface area contributed by atoms with Gasteiger partial charge in [-0.05, 0) is 56.4 Å². The largest absolute Gasteiger partial charge is 0.484 e. The van der Waals surface area contributed by atoms with Gasteiger partial charge in [-0.15, -0.1) is 0 Å². The molecule has 5 rings (SSSR count). The van der Waals surface area contributed by atoms with Crippen LogP contribution in [0.5, 0.6) is 5.75 Å². The summed E-state index contributed by atoms with van der Waals surface area (Å²) in [7, 11) is 0. The van der Waals surface area contributed by atoms with Crippen molar-refractivity contribution in [2.24, 2.45) is 0 Å². The fourth-order valence-electron chi connectivity index (χ4n) is 4.61. The molecular weight excluding hydrogens is 432 g/mol. The molecule has 1 aromatic heterocycles. The molecule has 8 heteroatoms. The van der Waals surface area contributed by atoms with Gasteiger partial charge in [0.1, 0.15) is 11.8 Å². The Bertz CT molecular complexity index is 1150. The quantitative estimate of drug-likeness (QED) is 0.542. The van der Waals surface area contributed by atoms with E-state index >= 15 is 0 Å². The minimum Gasteiger partial charge on any atom is -0.484 e. The normalized spacial score (nSPS) is 18.7. The smallest absolute Gasteiger partial charge is 0.261 e. The number of carbonyl (C=O) groups excluding carboxylic acids is 2. The Morgan fingerprint density at radius 1 is 1.03 bits per heavy atom. The number of aromatic nitrogens is 2. The first-order valence-corrected chi connectivity index (χ1v) is 11.9. The predicted octanol–water partition coefficient (Wildman–Crippen LogP) is 4.39. The Kier molecular flexibility index (Phi) is 6.56. The molecule has 8 nitrogen and oxygen atoms in total. The molecule has 34 heavy (non-hydrogen) atoms. The number of para-hydroxylation sites is 1. The van der Waals surface area contributed by atoms with Gasteiger partial charge in [0.25, 0.3) is 5.91 Å². The number of benzene rings is 2. The number of piperidine rings is 2. The summed E-state index contributed by atoms with van der Waals surface area (Å²) in [6.45, 7) is 1.32. The highest BCUT2D eigenvalue weighted by atomic mass is 16.5. The van der Waals surface area contributed by atoms with E-state index in [-0.39, 0.29) is 24.5 Å². The monoisotopic (exact) mass is 460 g/mol. The molecule has 2 aliphatic rings. The van der Waals surface area contributed by atoms with E-state index in [0.717, 1.165) is 49.9 Å². The summed E-state index contributed by atoms with van der Waals surface area (Å²) >= 11 is 0. The molecule has 3 heterocycles. The van der Waals surface area contributed by atoms with E-state index in [1.807, 2.05) is 59.5 Å². The second kappa shape index (κ2) is 10.1. The lowest BCUT2D eigenvalue weighted by Gasteiger charge is -2.33. The van der Waals surface area contributed by atoms with Crippen molar-refractivity contribution < 1.29 is 18.8 Å². The number of carbonyl (C=O) groups is 2. The van der Waals surface area contributed by atoms with Crippen LogP contribution in [0.4, 0.5) is 5.69 Å². The Balaban J connectivity index is 1.31. The summed E-state index contributed by atoms with van der Waals surface area (Å²) in [6, 6.07) is 16.7. The van der Waals surface area contributed by atoms with Crippen LogP contribution in [0, 0.1) is 0 Å². The van der Waals surface area contributed by atoms with E-state index in [2.05, 4.69) is 10.1 Å². The Labute approximate surface area is 198 Å². The molecule has 0 N–H and O–H groups in total. The van der Waals surface area contributed by atoms with E-state index in [0.29, 0.717) is 30.4 Å². The minimum atomic E-state index is -0.270. The molecule has 0 radical (unpaired) electrons. The van der Waals surface area contributed by atoms with E-state index < -0.39 is 0 Å². The molecule has 2 amide bonds. The van der Waals surface area contributed by atoms with Crippen LogP contribution in [0.1, 0.15) is 50.5 Å². The number of nitrogens with zero attached hydrogens (tertiary/aromatic N) is 4. The summed E-state index contributed by atoms with van der Waals surface area (Å²) in [4.78, 5) is 33.5. The molecule has 3 aromatic rings. The zero-order valence-corrected chi connectivity index (χ0v) is 19.1. The molecule has 0 bridgehead atoms. The zero-order valence-electron chi connectivity index (χ0n) is 19.1. The van der Waals surface area contributed by atoms with Crippen LogP contribution in [-0.4, -0.2) is 46.6 Å². The number of amides is 2. The third-order valence-electron chi connectivity index (χ3n) is 6.39. The standard InChI is InChI=1S/C26H28N4O4/c31-23-14-5-7-15-29(23)20-10-8-9-19(17-20)25-27-26(34-28-25)22-13-4-6-16-30(22)24(32)18-33-21-11-2-1-3-12-21/h1-3,8-12,17,22H,4-7,13-16,18H2. The van der Waals surface area contributed by atoms with E-state index in [1.54, 1.807) is 4.90 Å². The van der Waals surface area contributed by atoms with Crippen LogP contribution in [0.2, 0.25) is 0 Å². The number of likely N-dealkylation sites (tertiary alicyclic amines) is 1. The van der Waals surface area contributed by atoms with Crippen molar-refractivity contribution in [2.75, 3.05) is 24.6 Å². The maximum atomic E-state index is 13.0. The summed E-state index contributed by atoms with van der Waals surface area (Å²) in [5.41, 5.74) is 1.63. The lowest BCUT2D eigenvalue weighted by atomic mass is 10.0. The maximum absolute atomic E-state index is 13.0. The van der Waals surface area contributed by atoms with Crippen LogP contribution in [0.25, 0.3) is 11.4 Å². The summed E-state index contributed by atoms with van der Waals surface area (Å²) in [5, 5.41) is 4.20. The Hall–Kier alpha value is -3.68. The first kappa shape index (κ1) is 22.1. The Morgan fingerprint density at radius 2 is 1.88 bits per heavy atom. The first-order valence-electron chi connectivity index (χ1n) is 11.9. The van der Waals surface area contributed by atoms with Crippen molar-refractivity contribution in [3.63, 3.8) is 0 Å². The van der Waals surface area contributed by atoms with Gasteiger partial charge in [-0.3, -0.25) is 9.59 Å². The third-order valence-corrected chi connectivity index (χ3v) is 6.39. The van der Waals surface area contributed by atoms with Crippen LogP contribution in [0.15, 0.2) is 59.1 Å². The van der Waals surface area contributed by atoms with Gasteiger partial charge in [0.2, 0.25) is 17.6 Å². The molecule has 1 unspecified atom stereocenters. The SMILES string of the molecule is O=C1CCCCN1c1cccc(-c2noc(C3CCCCN3C(=O)COc3ccccc3)n2)c1. The summed E-state index contributed by atoms with van der Waals surface area (Å²) in [5.74, 6) is 1.60. The van der Waals surface area contributed by atoms with Crippen molar-refractivity contribution in [1.82, 2.24) is 15.0 Å². The van der Waals surface area contributed by atoms with Crippen molar-refractivity contribution in [1.29, 1.82) is 0 Å². The molecule has 2 aliphatic heterocycles. The lowest BCUT2D eigenvalue weighted by Crippen LogP contribution is -2.41. The molecule has 0 spiro atoms. The van der Waals surface area contributed by atoms with Gasteiger partial charge in [-0.25, -0.2) is 0 Å². The van der Waals surface area contributed by atoms with Gasteiger partial charge in [-0.1, -0.05) is 35.5 Å². The van der Waals surface area contributed by atoms with Crippen LogP contribution >= 0.6 is 0 Å². The summed E-state index contributed by atoms with van der Waals surface area (Å²) in [6.07, 6.45) is 5.20. The second-order valence-electron chi connectivity index (χ2n) is 8.71. The lowest BCUT2D eigenvalue weighted by molar-refractivity contribution is -0.138. The van der Waals surface area contributed by atoms with Crippen LogP contribution in [0.3, 0.4) is 0 Å². The second-order valence-corrected chi connectivity index (χ2v) is 8.71. The topological polar surface area (TPSA) is 88.8 Å². The van der Waals surface area contributed by atoms with Crippen LogP contribution < -0.4 is 9.64 Å². The number of ether oxygens (including phenoxy) is 1. The first-order chi connectivity index (χ1) is 16.7. The van der Waals surface area contributed by atoms with Gasteiger partial charge in [-0.2, -0.15) is 4.98 Å². The van der Waals surface area contributed by atoms with Crippen LogP contribution in [-0.2, 0) is 9.59 Å². The van der Waals surface area contributed by atoms with Gasteiger partial charge < -0.3 is 19.1 Å². The fourth-order valence-corrected chi connectivity index (χ4v) is 4.61. The maximum Gasteiger partial charge on any atom is 0.261 e. The highest BCUT2D eigenvalue weighted by Crippen LogP contribution is 2.32. The van der Waals surface area contributed by atoms with E-state index in [9.17, 15) is 9.59 Å². The highest BCUT2D eigenvalue weighted by Gasteiger charge is 2.32.